The predicted molar refractivity (Wildman–Crippen MR) is 93.7 cm³/mol. The Hall–Kier alpha value is -2.34. The number of hydrogen-bond donors (Lipinski definition) is 1. The monoisotopic (exact) mass is 344 g/mol. The fourth-order valence-electron chi connectivity index (χ4n) is 2.92. The molecule has 2 aromatic rings. The molecule has 0 fully saturated rings. The van der Waals surface area contributed by atoms with E-state index in [0.717, 1.165) is 24.8 Å². The summed E-state index contributed by atoms with van der Waals surface area (Å²) in [6.07, 6.45) is 2.98. The number of anilines is 1. The van der Waals surface area contributed by atoms with Gasteiger partial charge >= 0.3 is 0 Å². The summed E-state index contributed by atoms with van der Waals surface area (Å²) < 4.78 is 28.0. The van der Waals surface area contributed by atoms with Crippen LogP contribution in [0.3, 0.4) is 0 Å². The predicted octanol–water partition coefficient (Wildman–Crippen LogP) is 2.68. The van der Waals surface area contributed by atoms with Crippen molar-refractivity contribution in [1.29, 1.82) is 0 Å². The van der Waals surface area contributed by atoms with Crippen molar-refractivity contribution in [1.82, 2.24) is 4.90 Å². The van der Waals surface area contributed by atoms with Crippen molar-refractivity contribution < 1.29 is 13.2 Å². The van der Waals surface area contributed by atoms with Crippen LogP contribution in [0.25, 0.3) is 0 Å². The van der Waals surface area contributed by atoms with E-state index in [9.17, 15) is 13.2 Å². The summed E-state index contributed by atoms with van der Waals surface area (Å²) >= 11 is 0. The van der Waals surface area contributed by atoms with E-state index in [-0.39, 0.29) is 16.5 Å². The zero-order valence-corrected chi connectivity index (χ0v) is 14.6. The van der Waals surface area contributed by atoms with Crippen molar-refractivity contribution in [2.45, 2.75) is 24.2 Å². The largest absolute Gasteiger partial charge is 0.345 e. The van der Waals surface area contributed by atoms with Gasteiger partial charge in [0.2, 0.25) is 0 Å². The van der Waals surface area contributed by atoms with Crippen molar-refractivity contribution in [3.05, 3.63) is 59.2 Å². The van der Waals surface area contributed by atoms with Gasteiger partial charge in [0.25, 0.3) is 15.9 Å². The number of fused-ring (bicyclic) bond motifs is 1. The minimum absolute atomic E-state index is 0.232. The molecule has 1 amide bonds. The number of carbonyl (C=O) groups is 1. The lowest BCUT2D eigenvalue weighted by Crippen LogP contribution is -2.24. The van der Waals surface area contributed by atoms with Crippen LogP contribution in [0.4, 0.5) is 5.69 Å². The molecule has 0 aliphatic heterocycles. The zero-order valence-electron chi connectivity index (χ0n) is 13.7. The molecule has 2 aromatic carbocycles. The highest BCUT2D eigenvalue weighted by atomic mass is 32.2. The van der Waals surface area contributed by atoms with Crippen LogP contribution in [0.15, 0.2) is 47.4 Å². The van der Waals surface area contributed by atoms with Crippen LogP contribution in [-0.4, -0.2) is 33.3 Å². The molecule has 0 saturated heterocycles. The van der Waals surface area contributed by atoms with Gasteiger partial charge in [-0.1, -0.05) is 18.2 Å². The van der Waals surface area contributed by atoms with Gasteiger partial charge < -0.3 is 4.90 Å². The van der Waals surface area contributed by atoms with E-state index in [1.807, 2.05) is 6.07 Å². The van der Waals surface area contributed by atoms with E-state index in [1.54, 1.807) is 50.5 Å². The summed E-state index contributed by atoms with van der Waals surface area (Å²) in [6, 6.07) is 11.9. The van der Waals surface area contributed by atoms with Gasteiger partial charge in [0.1, 0.15) is 0 Å². The maximum absolute atomic E-state index is 12.7. The van der Waals surface area contributed by atoms with Crippen LogP contribution in [0.1, 0.15) is 27.9 Å². The number of hydrogen-bond acceptors (Lipinski definition) is 3. The summed E-state index contributed by atoms with van der Waals surface area (Å²) in [5, 5.41) is 0. The number of para-hydroxylation sites is 1. The van der Waals surface area contributed by atoms with Crippen molar-refractivity contribution in [2.24, 2.45) is 0 Å². The molecular formula is C18H20N2O3S. The molecule has 1 N–H and O–H groups in total. The molecule has 0 heterocycles. The van der Waals surface area contributed by atoms with Gasteiger partial charge in [-0.2, -0.15) is 0 Å². The highest BCUT2D eigenvalue weighted by molar-refractivity contribution is 7.92. The van der Waals surface area contributed by atoms with Gasteiger partial charge in [-0.25, -0.2) is 8.42 Å². The molecule has 0 spiro atoms. The number of benzene rings is 2. The van der Waals surface area contributed by atoms with Crippen LogP contribution in [0.2, 0.25) is 0 Å². The third kappa shape index (κ3) is 3.14. The molecule has 0 saturated carbocycles. The SMILES string of the molecule is CN(C)C(=O)c1ccccc1NS(=O)(=O)c1ccc2c(c1)CCC2. The number of rotatable bonds is 4. The summed E-state index contributed by atoms with van der Waals surface area (Å²) in [5.41, 5.74) is 2.93. The number of sulfonamides is 1. The van der Waals surface area contributed by atoms with E-state index < -0.39 is 10.0 Å². The van der Waals surface area contributed by atoms with Crippen LogP contribution in [0, 0.1) is 0 Å². The number of aryl methyl sites for hydroxylation is 2. The van der Waals surface area contributed by atoms with Gasteiger partial charge in [0.05, 0.1) is 16.1 Å². The molecule has 5 nitrogen and oxygen atoms in total. The minimum Gasteiger partial charge on any atom is -0.345 e. The maximum Gasteiger partial charge on any atom is 0.261 e. The molecule has 1 aliphatic rings. The second kappa shape index (κ2) is 6.28. The standard InChI is InChI=1S/C18H20N2O3S/c1-20(2)18(21)16-8-3-4-9-17(16)19-24(22,23)15-11-10-13-6-5-7-14(13)12-15/h3-4,8-12,19H,5-7H2,1-2H3. The highest BCUT2D eigenvalue weighted by Gasteiger charge is 2.21. The van der Waals surface area contributed by atoms with Crippen LogP contribution < -0.4 is 4.72 Å². The summed E-state index contributed by atoms with van der Waals surface area (Å²) in [4.78, 5) is 13.9. The molecule has 1 aliphatic carbocycles. The molecule has 6 heteroatoms. The number of nitrogens with zero attached hydrogens (tertiary/aromatic N) is 1. The first-order valence-corrected chi connectivity index (χ1v) is 9.32. The summed E-state index contributed by atoms with van der Waals surface area (Å²) in [5.74, 6) is -0.248. The van der Waals surface area contributed by atoms with E-state index in [0.29, 0.717) is 5.56 Å². The molecule has 0 unspecified atom stereocenters. The van der Waals surface area contributed by atoms with Gasteiger partial charge in [0, 0.05) is 14.1 Å². The summed E-state index contributed by atoms with van der Waals surface area (Å²) in [7, 11) is -0.471. The van der Waals surface area contributed by atoms with E-state index in [1.165, 1.54) is 10.5 Å². The fourth-order valence-corrected chi connectivity index (χ4v) is 4.05. The molecule has 126 valence electrons. The van der Waals surface area contributed by atoms with Crippen molar-refractivity contribution in [3.63, 3.8) is 0 Å². The molecule has 0 bridgehead atoms. The third-order valence-electron chi connectivity index (χ3n) is 4.19. The normalized spacial score (nSPS) is 13.4. The van der Waals surface area contributed by atoms with Gasteiger partial charge in [-0.3, -0.25) is 9.52 Å². The maximum atomic E-state index is 12.7. The average Bonchev–Trinajstić information content (AvgIpc) is 3.02. The Morgan fingerprint density at radius 2 is 1.75 bits per heavy atom. The van der Waals surface area contributed by atoms with Crippen LogP contribution in [0.5, 0.6) is 0 Å². The Morgan fingerprint density at radius 3 is 2.50 bits per heavy atom. The second-order valence-electron chi connectivity index (χ2n) is 6.13. The van der Waals surface area contributed by atoms with Gasteiger partial charge in [-0.05, 0) is 54.7 Å². The van der Waals surface area contributed by atoms with E-state index in [4.69, 9.17) is 0 Å². The molecule has 0 radical (unpaired) electrons. The average molecular weight is 344 g/mol. The minimum atomic E-state index is -3.74. The number of nitrogens with one attached hydrogen (secondary N) is 1. The van der Waals surface area contributed by atoms with Crippen molar-refractivity contribution in [3.8, 4) is 0 Å². The zero-order chi connectivity index (χ0) is 17.3. The molecule has 0 atom stereocenters. The lowest BCUT2D eigenvalue weighted by atomic mass is 10.1. The first kappa shape index (κ1) is 16.5. The Morgan fingerprint density at radius 1 is 1.04 bits per heavy atom. The lowest BCUT2D eigenvalue weighted by Gasteiger charge is -2.15. The molecule has 0 aromatic heterocycles. The molecule has 24 heavy (non-hydrogen) atoms. The first-order chi connectivity index (χ1) is 11.4. The first-order valence-electron chi connectivity index (χ1n) is 7.84. The topological polar surface area (TPSA) is 66.5 Å². The second-order valence-corrected chi connectivity index (χ2v) is 7.82. The van der Waals surface area contributed by atoms with Crippen LogP contribution >= 0.6 is 0 Å². The molecular weight excluding hydrogens is 324 g/mol. The Bertz CT molecular complexity index is 889. The van der Waals surface area contributed by atoms with E-state index in [2.05, 4.69) is 4.72 Å². The lowest BCUT2D eigenvalue weighted by molar-refractivity contribution is 0.0828. The van der Waals surface area contributed by atoms with Crippen molar-refractivity contribution >= 4 is 21.6 Å². The number of amides is 1. The Balaban J connectivity index is 1.95. The summed E-state index contributed by atoms with van der Waals surface area (Å²) in [6.45, 7) is 0. The quantitative estimate of drug-likeness (QED) is 0.927. The Kier molecular flexibility index (Phi) is 4.32. The van der Waals surface area contributed by atoms with Crippen LogP contribution in [-0.2, 0) is 22.9 Å². The number of carbonyl (C=O) groups excluding carboxylic acids is 1. The van der Waals surface area contributed by atoms with Crippen molar-refractivity contribution in [2.75, 3.05) is 18.8 Å². The fraction of sp³-hybridized carbons (Fsp3) is 0.278. The smallest absolute Gasteiger partial charge is 0.261 e. The van der Waals surface area contributed by atoms with Gasteiger partial charge in [-0.15, -0.1) is 0 Å². The highest BCUT2D eigenvalue weighted by Crippen LogP contribution is 2.26. The third-order valence-corrected chi connectivity index (χ3v) is 5.55. The van der Waals surface area contributed by atoms with Gasteiger partial charge in [0.15, 0.2) is 0 Å². The Labute approximate surface area is 142 Å². The molecule has 3 rings (SSSR count). The van der Waals surface area contributed by atoms with E-state index >= 15 is 0 Å².